The molecule has 3 aromatic carbocycles. The van der Waals surface area contributed by atoms with Gasteiger partial charge in [0.2, 0.25) is 0 Å². The van der Waals surface area contributed by atoms with Crippen LogP contribution in [-0.2, 0) is 9.59 Å². The van der Waals surface area contributed by atoms with E-state index >= 15 is 0 Å². The minimum Gasteiger partial charge on any atom is -0.507 e. The highest BCUT2D eigenvalue weighted by atomic mass is 79.9. The van der Waals surface area contributed by atoms with E-state index in [1.165, 1.54) is 4.90 Å². The van der Waals surface area contributed by atoms with Crippen molar-refractivity contribution in [3.8, 4) is 5.75 Å². The maximum atomic E-state index is 13.2. The number of hydrogen-bond donors (Lipinski definition) is 1. The van der Waals surface area contributed by atoms with Gasteiger partial charge in [0.25, 0.3) is 11.7 Å². The minimum absolute atomic E-state index is 0.00210. The van der Waals surface area contributed by atoms with Crippen molar-refractivity contribution in [2.45, 2.75) is 13.0 Å². The summed E-state index contributed by atoms with van der Waals surface area (Å²) in [6.07, 6.45) is 0. The fraction of sp³-hybridized carbons (Fsp3) is 0.120. The van der Waals surface area contributed by atoms with Crippen LogP contribution >= 0.6 is 27.5 Å². The number of hydrogen-bond acceptors (Lipinski definition) is 4. The third-order valence-electron chi connectivity index (χ3n) is 5.41. The van der Waals surface area contributed by atoms with Crippen molar-refractivity contribution < 1.29 is 19.4 Å². The van der Waals surface area contributed by atoms with Crippen molar-refractivity contribution in [3.63, 3.8) is 0 Å². The van der Waals surface area contributed by atoms with Crippen LogP contribution in [0.15, 0.2) is 76.8 Å². The number of benzene rings is 3. The minimum atomic E-state index is -0.838. The summed E-state index contributed by atoms with van der Waals surface area (Å²) in [5.41, 5.74) is 2.56. The van der Waals surface area contributed by atoms with E-state index in [0.717, 1.165) is 10.0 Å². The SMILES string of the molecule is COc1cccc([C@@H]2C(=C(O)c3ccc(Cl)cc3)C(=O)C(=O)N2c2ccc(C)c(Br)c2)c1. The van der Waals surface area contributed by atoms with Crippen LogP contribution in [0.5, 0.6) is 5.75 Å². The zero-order valence-electron chi connectivity index (χ0n) is 17.3. The number of ketones is 1. The molecule has 1 amide bonds. The second kappa shape index (κ2) is 8.81. The average molecular weight is 513 g/mol. The highest BCUT2D eigenvalue weighted by Crippen LogP contribution is 2.43. The van der Waals surface area contributed by atoms with E-state index in [9.17, 15) is 14.7 Å². The van der Waals surface area contributed by atoms with Crippen LogP contribution in [0, 0.1) is 6.92 Å². The number of aryl methyl sites for hydroxylation is 1. The first kappa shape index (κ1) is 22.1. The largest absolute Gasteiger partial charge is 0.507 e. The molecule has 3 aromatic rings. The molecule has 0 unspecified atom stereocenters. The summed E-state index contributed by atoms with van der Waals surface area (Å²) in [6.45, 7) is 1.93. The molecule has 1 aliphatic heterocycles. The average Bonchev–Trinajstić information content (AvgIpc) is 3.06. The first-order valence-corrected chi connectivity index (χ1v) is 11.0. The summed E-state index contributed by atoms with van der Waals surface area (Å²) in [7, 11) is 1.54. The lowest BCUT2D eigenvalue weighted by Crippen LogP contribution is -2.29. The molecule has 1 aliphatic rings. The van der Waals surface area contributed by atoms with Crippen molar-refractivity contribution in [1.29, 1.82) is 0 Å². The lowest BCUT2D eigenvalue weighted by atomic mass is 9.95. The van der Waals surface area contributed by atoms with Crippen LogP contribution in [-0.4, -0.2) is 23.9 Å². The van der Waals surface area contributed by atoms with E-state index in [-0.39, 0.29) is 11.3 Å². The Bertz CT molecular complexity index is 1250. The molecule has 1 fully saturated rings. The Labute approximate surface area is 199 Å². The van der Waals surface area contributed by atoms with Gasteiger partial charge < -0.3 is 9.84 Å². The van der Waals surface area contributed by atoms with E-state index in [0.29, 0.717) is 27.6 Å². The molecule has 0 spiro atoms. The van der Waals surface area contributed by atoms with Crippen LogP contribution in [0.2, 0.25) is 5.02 Å². The zero-order valence-corrected chi connectivity index (χ0v) is 19.6. The third kappa shape index (κ3) is 3.92. The van der Waals surface area contributed by atoms with Crippen molar-refractivity contribution in [2.75, 3.05) is 12.0 Å². The first-order chi connectivity index (χ1) is 15.3. The van der Waals surface area contributed by atoms with Gasteiger partial charge in [0.1, 0.15) is 11.5 Å². The second-order valence-corrected chi connectivity index (χ2v) is 8.68. The van der Waals surface area contributed by atoms with E-state index in [1.54, 1.807) is 67.8 Å². The van der Waals surface area contributed by atoms with Gasteiger partial charge in [-0.1, -0.05) is 45.7 Å². The Balaban J connectivity index is 1.96. The van der Waals surface area contributed by atoms with E-state index in [4.69, 9.17) is 16.3 Å². The Morgan fingerprint density at radius 2 is 1.78 bits per heavy atom. The monoisotopic (exact) mass is 511 g/mol. The van der Waals surface area contributed by atoms with Crippen molar-refractivity contribution >= 4 is 50.7 Å². The fourth-order valence-corrected chi connectivity index (χ4v) is 4.21. The molecule has 0 aromatic heterocycles. The predicted molar refractivity (Wildman–Crippen MR) is 128 cm³/mol. The summed E-state index contributed by atoms with van der Waals surface area (Å²) in [4.78, 5) is 27.8. The number of carbonyl (C=O) groups excluding carboxylic acids is 2. The summed E-state index contributed by atoms with van der Waals surface area (Å²) in [5.74, 6) is -1.17. The molecule has 4 rings (SSSR count). The Morgan fingerprint density at radius 3 is 2.44 bits per heavy atom. The molecule has 0 saturated carbocycles. The van der Waals surface area contributed by atoms with Crippen LogP contribution < -0.4 is 9.64 Å². The van der Waals surface area contributed by atoms with Gasteiger partial charge in [-0.2, -0.15) is 0 Å². The molecule has 0 radical (unpaired) electrons. The topological polar surface area (TPSA) is 66.8 Å². The number of carbonyl (C=O) groups is 2. The molecular weight excluding hydrogens is 494 g/mol. The predicted octanol–water partition coefficient (Wildman–Crippen LogP) is 6.05. The summed E-state index contributed by atoms with van der Waals surface area (Å²) >= 11 is 9.47. The van der Waals surface area contributed by atoms with Crippen molar-refractivity contribution in [2.24, 2.45) is 0 Å². The number of ether oxygens (including phenoxy) is 1. The Kier molecular flexibility index (Phi) is 6.09. The number of halogens is 2. The molecule has 0 bridgehead atoms. The number of Topliss-reactive ketones (excluding diaryl/α,β-unsaturated/α-hetero) is 1. The van der Waals surface area contributed by atoms with Gasteiger partial charge in [0, 0.05) is 20.7 Å². The lowest BCUT2D eigenvalue weighted by Gasteiger charge is -2.26. The number of amides is 1. The molecule has 0 aliphatic carbocycles. The third-order valence-corrected chi connectivity index (χ3v) is 6.51. The molecule has 1 atom stereocenters. The van der Waals surface area contributed by atoms with Gasteiger partial charge in [0.15, 0.2) is 0 Å². The Morgan fingerprint density at radius 1 is 1.06 bits per heavy atom. The number of anilines is 1. The molecular formula is C25H19BrClNO4. The first-order valence-electron chi connectivity index (χ1n) is 9.79. The quantitative estimate of drug-likeness (QED) is 0.263. The number of aliphatic hydroxyl groups excluding tert-OH is 1. The van der Waals surface area contributed by atoms with Gasteiger partial charge in [-0.3, -0.25) is 14.5 Å². The lowest BCUT2D eigenvalue weighted by molar-refractivity contribution is -0.132. The molecule has 1 N–H and O–H groups in total. The molecule has 162 valence electrons. The maximum absolute atomic E-state index is 13.2. The van der Waals surface area contributed by atoms with Gasteiger partial charge in [-0.15, -0.1) is 0 Å². The van der Waals surface area contributed by atoms with Crippen LogP contribution in [0.4, 0.5) is 5.69 Å². The van der Waals surface area contributed by atoms with Crippen molar-refractivity contribution in [1.82, 2.24) is 0 Å². The smallest absolute Gasteiger partial charge is 0.300 e. The van der Waals surface area contributed by atoms with Gasteiger partial charge in [0.05, 0.1) is 18.7 Å². The molecule has 7 heteroatoms. The van der Waals surface area contributed by atoms with E-state index in [2.05, 4.69) is 15.9 Å². The highest BCUT2D eigenvalue weighted by molar-refractivity contribution is 9.10. The van der Waals surface area contributed by atoms with Crippen LogP contribution in [0.1, 0.15) is 22.7 Å². The number of nitrogens with zero attached hydrogens (tertiary/aromatic N) is 1. The van der Waals surface area contributed by atoms with Crippen molar-refractivity contribution in [3.05, 3.63) is 98.5 Å². The number of aliphatic hydroxyl groups is 1. The molecule has 32 heavy (non-hydrogen) atoms. The second-order valence-electron chi connectivity index (χ2n) is 7.39. The summed E-state index contributed by atoms with van der Waals surface area (Å²) in [5, 5.41) is 11.6. The number of methoxy groups -OCH3 is 1. The van der Waals surface area contributed by atoms with Crippen LogP contribution in [0.25, 0.3) is 5.76 Å². The van der Waals surface area contributed by atoms with E-state index in [1.807, 2.05) is 13.0 Å². The number of rotatable bonds is 4. The normalized spacial score (nSPS) is 17.6. The standard InChI is InChI=1S/C25H19BrClNO4/c1-14-6-11-18(13-20(14)26)28-22(16-4-3-5-19(12-16)32-2)21(24(30)25(28)31)23(29)15-7-9-17(27)10-8-15/h3-13,22,29H,1-2H3/t22-/m1/s1. The zero-order chi connectivity index (χ0) is 23.0. The van der Waals surface area contributed by atoms with Gasteiger partial charge in [-0.05, 0) is 66.6 Å². The molecule has 1 heterocycles. The van der Waals surface area contributed by atoms with Gasteiger partial charge >= 0.3 is 0 Å². The molecule has 5 nitrogen and oxygen atoms in total. The summed E-state index contributed by atoms with van der Waals surface area (Å²) in [6, 6.07) is 18.1. The fourth-order valence-electron chi connectivity index (χ4n) is 3.72. The highest BCUT2D eigenvalue weighted by Gasteiger charge is 2.47. The maximum Gasteiger partial charge on any atom is 0.300 e. The van der Waals surface area contributed by atoms with E-state index < -0.39 is 17.7 Å². The Hall–Kier alpha value is -3.09. The van der Waals surface area contributed by atoms with Crippen LogP contribution in [0.3, 0.4) is 0 Å². The summed E-state index contributed by atoms with van der Waals surface area (Å²) < 4.78 is 6.15. The molecule has 1 saturated heterocycles. The van der Waals surface area contributed by atoms with Gasteiger partial charge in [-0.25, -0.2) is 0 Å².